The average molecular weight is 244 g/mol. The van der Waals surface area contributed by atoms with Crippen LogP contribution in [0.1, 0.15) is 46.5 Å². The molecule has 0 aromatic heterocycles. The van der Waals surface area contributed by atoms with Crippen LogP contribution in [0.15, 0.2) is 0 Å². The van der Waals surface area contributed by atoms with Crippen LogP contribution in [0, 0.1) is 5.92 Å². The van der Waals surface area contributed by atoms with Gasteiger partial charge in [0.25, 0.3) is 5.91 Å². The molecule has 0 rings (SSSR count). The van der Waals surface area contributed by atoms with Crippen molar-refractivity contribution in [3.05, 3.63) is 0 Å². The summed E-state index contributed by atoms with van der Waals surface area (Å²) in [5.74, 6) is 0.451. The van der Waals surface area contributed by atoms with Crippen LogP contribution in [0.5, 0.6) is 0 Å². The van der Waals surface area contributed by atoms with E-state index in [1.54, 1.807) is 7.11 Å². The maximum atomic E-state index is 12.0. The predicted octanol–water partition coefficient (Wildman–Crippen LogP) is 1.68. The molecule has 0 saturated heterocycles. The lowest BCUT2D eigenvalue weighted by Gasteiger charge is -2.26. The fraction of sp³-hybridized carbons (Fsp3) is 0.923. The van der Waals surface area contributed by atoms with Crippen molar-refractivity contribution in [2.45, 2.75) is 52.1 Å². The van der Waals surface area contributed by atoms with Crippen molar-refractivity contribution in [1.29, 1.82) is 0 Å². The molecule has 0 heterocycles. The first-order chi connectivity index (χ1) is 8.03. The van der Waals surface area contributed by atoms with Gasteiger partial charge in [0.2, 0.25) is 0 Å². The summed E-state index contributed by atoms with van der Waals surface area (Å²) in [5, 5.41) is 2.98. The van der Waals surface area contributed by atoms with Crippen LogP contribution in [-0.4, -0.2) is 31.7 Å². The fourth-order valence-electron chi connectivity index (χ4n) is 1.81. The molecular formula is C13H28N2O2. The van der Waals surface area contributed by atoms with Crippen molar-refractivity contribution in [3.8, 4) is 0 Å². The quantitative estimate of drug-likeness (QED) is 0.648. The Bertz CT molecular complexity index is 209. The summed E-state index contributed by atoms with van der Waals surface area (Å²) in [6.45, 7) is 7.29. The van der Waals surface area contributed by atoms with Gasteiger partial charge in [-0.2, -0.15) is 0 Å². The Kier molecular flexibility index (Phi) is 8.17. The molecule has 0 saturated carbocycles. The first kappa shape index (κ1) is 16.4. The Labute approximate surface area is 105 Å². The number of ether oxygens (including phenoxy) is 1. The van der Waals surface area contributed by atoms with Crippen LogP contribution >= 0.6 is 0 Å². The highest BCUT2D eigenvalue weighted by atomic mass is 16.5. The van der Waals surface area contributed by atoms with Crippen LogP contribution in [0.25, 0.3) is 0 Å². The molecule has 0 fully saturated rings. The molecule has 102 valence electrons. The van der Waals surface area contributed by atoms with Crippen LogP contribution in [-0.2, 0) is 9.53 Å². The van der Waals surface area contributed by atoms with E-state index >= 15 is 0 Å². The molecule has 0 spiro atoms. The number of carbonyl (C=O) groups is 1. The second-order valence-corrected chi connectivity index (χ2v) is 4.73. The highest BCUT2D eigenvalue weighted by molar-refractivity contribution is 5.84. The van der Waals surface area contributed by atoms with Crippen molar-refractivity contribution in [3.63, 3.8) is 0 Å². The molecule has 0 aromatic carbocycles. The number of amides is 1. The molecule has 4 heteroatoms. The lowest BCUT2D eigenvalue weighted by atomic mass is 9.98. The van der Waals surface area contributed by atoms with Gasteiger partial charge in [-0.15, -0.1) is 0 Å². The fourth-order valence-corrected chi connectivity index (χ4v) is 1.81. The molecule has 0 aliphatic rings. The van der Waals surface area contributed by atoms with Crippen molar-refractivity contribution in [1.82, 2.24) is 5.32 Å². The van der Waals surface area contributed by atoms with Crippen LogP contribution in [0.3, 0.4) is 0 Å². The van der Waals surface area contributed by atoms with E-state index in [2.05, 4.69) is 12.2 Å². The smallest absolute Gasteiger partial charge is 0.251 e. The molecule has 2 unspecified atom stereocenters. The van der Waals surface area contributed by atoms with Crippen molar-refractivity contribution < 1.29 is 9.53 Å². The summed E-state index contributed by atoms with van der Waals surface area (Å²) < 4.78 is 5.26. The summed E-state index contributed by atoms with van der Waals surface area (Å²) in [6.07, 6.45) is 3.86. The maximum Gasteiger partial charge on any atom is 0.251 e. The second-order valence-electron chi connectivity index (χ2n) is 4.73. The minimum atomic E-state index is -0.709. The van der Waals surface area contributed by atoms with Crippen molar-refractivity contribution in [2.24, 2.45) is 11.7 Å². The van der Waals surface area contributed by atoms with E-state index in [4.69, 9.17) is 10.5 Å². The van der Waals surface area contributed by atoms with Crippen molar-refractivity contribution >= 4 is 5.91 Å². The average Bonchev–Trinajstić information content (AvgIpc) is 2.35. The number of rotatable bonds is 9. The third-order valence-electron chi connectivity index (χ3n) is 3.43. The Hall–Kier alpha value is -0.610. The summed E-state index contributed by atoms with van der Waals surface area (Å²) in [7, 11) is 1.58. The number of carbonyl (C=O) groups excluding carboxylic acids is 1. The number of hydrogen-bond donors (Lipinski definition) is 2. The highest BCUT2D eigenvalue weighted by Crippen LogP contribution is 2.15. The Morgan fingerprint density at radius 3 is 2.47 bits per heavy atom. The van der Waals surface area contributed by atoms with E-state index in [0.717, 1.165) is 19.3 Å². The van der Waals surface area contributed by atoms with Gasteiger partial charge < -0.3 is 15.8 Å². The first-order valence-electron chi connectivity index (χ1n) is 6.57. The van der Waals surface area contributed by atoms with E-state index in [0.29, 0.717) is 25.4 Å². The van der Waals surface area contributed by atoms with Gasteiger partial charge in [-0.1, -0.05) is 20.3 Å². The van der Waals surface area contributed by atoms with Crippen molar-refractivity contribution in [2.75, 3.05) is 20.2 Å². The summed E-state index contributed by atoms with van der Waals surface area (Å²) in [5.41, 5.74) is 4.86. The SMILES string of the molecule is CCCC(CCN)CNC(=O)C(C)(CC)OC. The molecule has 0 radical (unpaired) electrons. The van der Waals surface area contributed by atoms with Crippen LogP contribution < -0.4 is 11.1 Å². The second kappa shape index (κ2) is 8.48. The van der Waals surface area contributed by atoms with Gasteiger partial charge in [0.05, 0.1) is 0 Å². The standard InChI is InChI=1S/C13H28N2O2/c1-5-7-11(8-9-14)10-15-12(16)13(3,6-2)17-4/h11H,5-10,14H2,1-4H3,(H,15,16). The summed E-state index contributed by atoms with van der Waals surface area (Å²) >= 11 is 0. The minimum Gasteiger partial charge on any atom is -0.369 e. The zero-order valence-electron chi connectivity index (χ0n) is 11.7. The van der Waals surface area contributed by atoms with Crippen LogP contribution in [0.4, 0.5) is 0 Å². The summed E-state index contributed by atoms with van der Waals surface area (Å²) in [6, 6.07) is 0. The zero-order chi connectivity index (χ0) is 13.3. The lowest BCUT2D eigenvalue weighted by molar-refractivity contribution is -0.142. The normalized spacial score (nSPS) is 16.3. The Balaban J connectivity index is 4.19. The largest absolute Gasteiger partial charge is 0.369 e. The van der Waals surface area contributed by atoms with Gasteiger partial charge in [0, 0.05) is 13.7 Å². The number of nitrogens with two attached hydrogens (primary N) is 1. The molecule has 4 nitrogen and oxygen atoms in total. The molecule has 0 aliphatic heterocycles. The number of hydrogen-bond acceptors (Lipinski definition) is 3. The highest BCUT2D eigenvalue weighted by Gasteiger charge is 2.30. The van der Waals surface area contributed by atoms with E-state index in [1.165, 1.54) is 0 Å². The van der Waals surface area contributed by atoms with E-state index in [1.807, 2.05) is 13.8 Å². The molecule has 3 N–H and O–H groups in total. The monoisotopic (exact) mass is 244 g/mol. The van der Waals surface area contributed by atoms with E-state index in [-0.39, 0.29) is 5.91 Å². The maximum absolute atomic E-state index is 12.0. The van der Waals surface area contributed by atoms with Gasteiger partial charge in [-0.25, -0.2) is 0 Å². The molecule has 0 aliphatic carbocycles. The first-order valence-corrected chi connectivity index (χ1v) is 6.57. The topological polar surface area (TPSA) is 64.3 Å². The molecule has 2 atom stereocenters. The molecule has 0 bridgehead atoms. The van der Waals surface area contributed by atoms with E-state index in [9.17, 15) is 4.79 Å². The summed E-state index contributed by atoms with van der Waals surface area (Å²) in [4.78, 5) is 12.0. The van der Waals surface area contributed by atoms with E-state index < -0.39 is 5.60 Å². The van der Waals surface area contributed by atoms with Gasteiger partial charge in [-0.3, -0.25) is 4.79 Å². The lowest BCUT2D eigenvalue weighted by Crippen LogP contribution is -2.47. The zero-order valence-corrected chi connectivity index (χ0v) is 11.7. The molecule has 1 amide bonds. The number of nitrogens with one attached hydrogen (secondary N) is 1. The van der Waals surface area contributed by atoms with Gasteiger partial charge in [0.15, 0.2) is 0 Å². The Morgan fingerprint density at radius 2 is 2.06 bits per heavy atom. The third kappa shape index (κ3) is 5.50. The van der Waals surface area contributed by atoms with Gasteiger partial charge in [-0.05, 0) is 38.6 Å². The molecular weight excluding hydrogens is 216 g/mol. The third-order valence-corrected chi connectivity index (χ3v) is 3.43. The number of methoxy groups -OCH3 is 1. The molecule has 0 aromatic rings. The molecule has 17 heavy (non-hydrogen) atoms. The Morgan fingerprint density at radius 1 is 1.41 bits per heavy atom. The predicted molar refractivity (Wildman–Crippen MR) is 70.8 cm³/mol. The minimum absolute atomic E-state index is 0.0272. The van der Waals surface area contributed by atoms with Gasteiger partial charge in [0.1, 0.15) is 5.60 Å². The van der Waals surface area contributed by atoms with Gasteiger partial charge >= 0.3 is 0 Å². The van der Waals surface area contributed by atoms with Crippen LogP contribution in [0.2, 0.25) is 0 Å².